The Morgan fingerprint density at radius 1 is 1.44 bits per heavy atom. The Kier molecular flexibility index (Phi) is 5.28. The van der Waals surface area contributed by atoms with Crippen molar-refractivity contribution in [3.63, 3.8) is 0 Å². The summed E-state index contributed by atoms with van der Waals surface area (Å²) < 4.78 is 15.4. The van der Waals surface area contributed by atoms with Gasteiger partial charge in [-0.1, -0.05) is 0 Å². The molecule has 1 atom stereocenters. The average molecular weight is 388 g/mol. The Bertz CT molecular complexity index is 1010. The molecule has 0 bridgehead atoms. The van der Waals surface area contributed by atoms with Gasteiger partial charge in [-0.05, 0) is 31.2 Å². The summed E-state index contributed by atoms with van der Waals surface area (Å²) >= 11 is 1.46. The van der Waals surface area contributed by atoms with Crippen molar-refractivity contribution in [1.82, 2.24) is 9.97 Å². The van der Waals surface area contributed by atoms with E-state index in [1.807, 2.05) is 12.1 Å². The van der Waals surface area contributed by atoms with E-state index < -0.39 is 17.8 Å². The molecular formula is C17H17FN6O2S. The zero-order chi connectivity index (χ0) is 19.6. The Hall–Kier alpha value is -3.11. The van der Waals surface area contributed by atoms with Crippen LogP contribution in [-0.2, 0) is 4.79 Å². The van der Waals surface area contributed by atoms with Gasteiger partial charge >= 0.3 is 0 Å². The minimum Gasteiger partial charge on any atom is -0.365 e. The molecule has 0 radical (unpaired) electrons. The van der Waals surface area contributed by atoms with Crippen molar-refractivity contribution in [2.24, 2.45) is 11.6 Å². The molecule has 0 spiro atoms. The third-order valence-corrected chi connectivity index (χ3v) is 4.77. The second-order valence-electron chi connectivity index (χ2n) is 5.87. The molecule has 2 aromatic heterocycles. The number of hydrazine groups is 1. The number of hydrogen-bond acceptors (Lipinski definition) is 8. The topological polar surface area (TPSA) is 127 Å². The van der Waals surface area contributed by atoms with Crippen LogP contribution in [0.1, 0.15) is 23.7 Å². The first-order chi connectivity index (χ1) is 12.9. The molecule has 1 aromatic carbocycles. The number of hydrogen-bond donors (Lipinski definition) is 3. The molecule has 0 aliphatic carbocycles. The molecule has 0 saturated heterocycles. The van der Waals surface area contributed by atoms with Crippen LogP contribution in [0.3, 0.4) is 0 Å². The van der Waals surface area contributed by atoms with Gasteiger partial charge in [0.2, 0.25) is 0 Å². The molecule has 0 fully saturated rings. The van der Waals surface area contributed by atoms with Gasteiger partial charge in [0.15, 0.2) is 11.6 Å². The zero-order valence-electron chi connectivity index (χ0n) is 14.3. The number of nitrogens with zero attached hydrogens (tertiary/aromatic N) is 3. The monoisotopic (exact) mass is 388 g/mol. The van der Waals surface area contributed by atoms with E-state index >= 15 is 0 Å². The lowest BCUT2D eigenvalue weighted by Gasteiger charge is -2.25. The van der Waals surface area contributed by atoms with E-state index in [4.69, 9.17) is 11.6 Å². The summed E-state index contributed by atoms with van der Waals surface area (Å²) in [6.07, 6.45) is 0.781. The first-order valence-corrected chi connectivity index (χ1v) is 8.87. The van der Waals surface area contributed by atoms with Crippen LogP contribution in [0.2, 0.25) is 0 Å². The Morgan fingerprint density at radius 3 is 2.93 bits per heavy atom. The minimum absolute atomic E-state index is 0.0662. The molecule has 3 aromatic rings. The van der Waals surface area contributed by atoms with E-state index in [2.05, 4.69) is 15.3 Å². The number of anilines is 3. The number of carbonyl (C=O) groups excluding carboxylic acids is 2. The fourth-order valence-corrected chi connectivity index (χ4v) is 3.19. The SMILES string of the molecule is C[C@H](CC=O)N(N)c1nc(Nc2ccc3ncsc3c2)c(C(N)=O)cc1F. The van der Waals surface area contributed by atoms with Gasteiger partial charge in [-0.3, -0.25) is 9.80 Å². The standard InChI is InChI=1S/C17H17FN6O2S/c1-9(4-5-25)24(20)17-12(18)7-11(15(19)26)16(23-17)22-10-2-3-13-14(6-10)27-8-21-13/h2-3,5-9H,4,20H2,1H3,(H2,19,26)(H,22,23)/t9-/m1/s1. The maximum Gasteiger partial charge on any atom is 0.252 e. The summed E-state index contributed by atoms with van der Waals surface area (Å²) in [6.45, 7) is 1.66. The lowest BCUT2D eigenvalue weighted by Crippen LogP contribution is -2.41. The number of carbonyl (C=O) groups is 2. The first kappa shape index (κ1) is 18.7. The number of primary amides is 1. The Balaban J connectivity index is 2.02. The number of nitrogens with two attached hydrogens (primary N) is 2. The van der Waals surface area contributed by atoms with Crippen molar-refractivity contribution in [2.45, 2.75) is 19.4 Å². The van der Waals surface area contributed by atoms with Crippen LogP contribution in [0.15, 0.2) is 29.8 Å². The molecule has 0 aliphatic heterocycles. The summed E-state index contributed by atoms with van der Waals surface area (Å²) in [5.74, 6) is 4.12. The number of nitrogens with one attached hydrogen (secondary N) is 1. The number of pyridine rings is 1. The molecule has 3 rings (SSSR count). The quantitative estimate of drug-likeness (QED) is 0.322. The van der Waals surface area contributed by atoms with Crippen molar-refractivity contribution in [3.8, 4) is 0 Å². The number of thiazole rings is 1. The lowest BCUT2D eigenvalue weighted by atomic mass is 10.2. The Morgan fingerprint density at radius 2 is 2.22 bits per heavy atom. The Labute approximate surface area is 158 Å². The molecule has 5 N–H and O–H groups in total. The van der Waals surface area contributed by atoms with Gasteiger partial charge < -0.3 is 15.8 Å². The number of aromatic nitrogens is 2. The van der Waals surface area contributed by atoms with Crippen molar-refractivity contribution >= 4 is 51.1 Å². The third-order valence-electron chi connectivity index (χ3n) is 3.97. The van der Waals surface area contributed by atoms with E-state index in [0.29, 0.717) is 12.0 Å². The van der Waals surface area contributed by atoms with Crippen molar-refractivity contribution in [2.75, 3.05) is 10.3 Å². The maximum absolute atomic E-state index is 14.4. The fraction of sp³-hybridized carbons (Fsp3) is 0.176. The molecule has 1 amide bonds. The largest absolute Gasteiger partial charge is 0.365 e. The number of amides is 1. The minimum atomic E-state index is -0.834. The van der Waals surface area contributed by atoms with Crippen molar-refractivity contribution < 1.29 is 14.0 Å². The summed E-state index contributed by atoms with van der Waals surface area (Å²) in [7, 11) is 0. The van der Waals surface area contributed by atoms with Crippen LogP contribution in [0.4, 0.5) is 21.7 Å². The summed E-state index contributed by atoms with van der Waals surface area (Å²) in [6, 6.07) is 5.89. The van der Waals surface area contributed by atoms with Crippen LogP contribution < -0.4 is 21.9 Å². The van der Waals surface area contributed by atoms with Crippen molar-refractivity contribution in [1.29, 1.82) is 0 Å². The van der Waals surface area contributed by atoms with E-state index in [9.17, 15) is 14.0 Å². The van der Waals surface area contributed by atoms with Crippen LogP contribution >= 0.6 is 11.3 Å². The molecular weight excluding hydrogens is 371 g/mol. The van der Waals surface area contributed by atoms with Gasteiger partial charge in [-0.25, -0.2) is 20.2 Å². The fourth-order valence-electron chi connectivity index (χ4n) is 2.47. The highest BCUT2D eigenvalue weighted by Gasteiger charge is 2.21. The molecule has 8 nitrogen and oxygen atoms in total. The number of halogens is 1. The first-order valence-electron chi connectivity index (χ1n) is 7.99. The molecule has 0 aliphatic rings. The van der Waals surface area contributed by atoms with Crippen LogP contribution in [0.5, 0.6) is 0 Å². The molecule has 0 saturated carbocycles. The second-order valence-corrected chi connectivity index (χ2v) is 6.76. The normalized spacial score (nSPS) is 12.0. The van der Waals surface area contributed by atoms with Crippen LogP contribution in [0.25, 0.3) is 10.2 Å². The van der Waals surface area contributed by atoms with Gasteiger partial charge in [0, 0.05) is 12.1 Å². The number of rotatable bonds is 7. The van der Waals surface area contributed by atoms with E-state index in [1.54, 1.807) is 18.5 Å². The molecule has 27 heavy (non-hydrogen) atoms. The van der Waals surface area contributed by atoms with E-state index in [0.717, 1.165) is 21.3 Å². The average Bonchev–Trinajstić information content (AvgIpc) is 3.10. The molecule has 10 heteroatoms. The smallest absolute Gasteiger partial charge is 0.252 e. The predicted molar refractivity (Wildman–Crippen MR) is 102 cm³/mol. The maximum atomic E-state index is 14.4. The summed E-state index contributed by atoms with van der Waals surface area (Å²) in [4.78, 5) is 30.8. The molecule has 140 valence electrons. The lowest BCUT2D eigenvalue weighted by molar-refractivity contribution is -0.108. The highest BCUT2D eigenvalue weighted by molar-refractivity contribution is 7.16. The second kappa shape index (κ2) is 7.64. The van der Waals surface area contributed by atoms with Crippen molar-refractivity contribution in [3.05, 3.63) is 41.2 Å². The van der Waals surface area contributed by atoms with Gasteiger partial charge in [-0.2, -0.15) is 0 Å². The summed E-state index contributed by atoms with van der Waals surface area (Å²) in [5, 5.41) is 4.03. The highest BCUT2D eigenvalue weighted by Crippen LogP contribution is 2.28. The third kappa shape index (κ3) is 3.86. The molecule has 2 heterocycles. The molecule has 0 unspecified atom stereocenters. The zero-order valence-corrected chi connectivity index (χ0v) is 15.2. The van der Waals surface area contributed by atoms with Gasteiger partial charge in [0.05, 0.1) is 27.3 Å². The van der Waals surface area contributed by atoms with Gasteiger partial charge in [0.25, 0.3) is 5.91 Å². The van der Waals surface area contributed by atoms with Gasteiger partial charge in [-0.15, -0.1) is 11.3 Å². The van der Waals surface area contributed by atoms with Crippen LogP contribution in [-0.4, -0.2) is 28.2 Å². The highest BCUT2D eigenvalue weighted by atomic mass is 32.1. The number of fused-ring (bicyclic) bond motifs is 1. The predicted octanol–water partition coefficient (Wildman–Crippen LogP) is 2.33. The van der Waals surface area contributed by atoms with Gasteiger partial charge in [0.1, 0.15) is 12.1 Å². The van der Waals surface area contributed by atoms with E-state index in [1.165, 1.54) is 11.3 Å². The van der Waals surface area contributed by atoms with Crippen LogP contribution in [0, 0.1) is 5.82 Å². The summed E-state index contributed by atoms with van der Waals surface area (Å²) in [5.41, 5.74) is 8.43. The van der Waals surface area contributed by atoms with E-state index in [-0.39, 0.29) is 23.6 Å². The number of aldehydes is 1. The number of benzene rings is 1.